The molecule has 13 nitrogen and oxygen atoms in total. The van der Waals surface area contributed by atoms with Crippen molar-refractivity contribution >= 4 is 19.8 Å². The van der Waals surface area contributed by atoms with Crippen LogP contribution >= 0.6 is 7.82 Å². The van der Waals surface area contributed by atoms with Crippen LogP contribution in [0.3, 0.4) is 0 Å². The number of carbonyl (C=O) groups excluding carboxylic acids is 2. The van der Waals surface area contributed by atoms with E-state index in [1.54, 1.807) is 0 Å². The van der Waals surface area contributed by atoms with Gasteiger partial charge >= 0.3 is 19.8 Å². The number of hydrogen-bond acceptors (Lipinski definition) is 12. The zero-order valence-corrected chi connectivity index (χ0v) is 39.1. The van der Waals surface area contributed by atoms with E-state index in [1.807, 2.05) is 0 Å². The van der Waals surface area contributed by atoms with Crippen LogP contribution in [-0.2, 0) is 32.7 Å². The first-order chi connectivity index (χ1) is 29.4. The molecule has 0 heterocycles. The number of esters is 2. The van der Waals surface area contributed by atoms with Gasteiger partial charge in [-0.1, -0.05) is 180 Å². The van der Waals surface area contributed by atoms with Gasteiger partial charge in [0.2, 0.25) is 0 Å². The van der Waals surface area contributed by atoms with Gasteiger partial charge in [0.1, 0.15) is 43.2 Å². The number of phosphoric acid groups is 1. The average molecular weight is 893 g/mol. The molecule has 0 aliphatic heterocycles. The number of allylic oxidation sites excluding steroid dienone is 2. The highest BCUT2D eigenvalue weighted by atomic mass is 31.2. The molecule has 0 amide bonds. The molecule has 8 atom stereocenters. The molecule has 0 aromatic carbocycles. The molecule has 14 heteroatoms. The van der Waals surface area contributed by atoms with Gasteiger partial charge in [0.25, 0.3) is 0 Å². The summed E-state index contributed by atoms with van der Waals surface area (Å²) >= 11 is 0. The van der Waals surface area contributed by atoms with Crippen molar-refractivity contribution in [2.24, 2.45) is 0 Å². The van der Waals surface area contributed by atoms with E-state index >= 15 is 0 Å². The van der Waals surface area contributed by atoms with Crippen LogP contribution in [0.15, 0.2) is 12.2 Å². The van der Waals surface area contributed by atoms with E-state index in [-0.39, 0.29) is 12.8 Å². The number of rotatable bonds is 41. The summed E-state index contributed by atoms with van der Waals surface area (Å²) in [6.07, 6.45) is 26.9. The number of aliphatic hydroxyl groups is 5. The summed E-state index contributed by atoms with van der Waals surface area (Å²) in [6, 6.07) is 0. The number of aliphatic hydroxyl groups excluding tert-OH is 5. The Morgan fingerprint density at radius 2 is 0.836 bits per heavy atom. The van der Waals surface area contributed by atoms with Crippen LogP contribution in [0.1, 0.15) is 219 Å². The molecular weight excluding hydrogens is 803 g/mol. The van der Waals surface area contributed by atoms with Crippen LogP contribution in [0.2, 0.25) is 0 Å². The van der Waals surface area contributed by atoms with Gasteiger partial charge in [0.15, 0.2) is 6.10 Å². The van der Waals surface area contributed by atoms with Crippen molar-refractivity contribution in [3.63, 3.8) is 0 Å². The summed E-state index contributed by atoms with van der Waals surface area (Å²) in [5.41, 5.74) is 0. The lowest BCUT2D eigenvalue weighted by atomic mass is 9.85. The lowest BCUT2D eigenvalue weighted by Crippen LogP contribution is -2.64. The number of hydrogen-bond donors (Lipinski definition) is 6. The third-order valence-corrected chi connectivity index (χ3v) is 12.6. The summed E-state index contributed by atoms with van der Waals surface area (Å²) in [7, 11) is -5.11. The summed E-state index contributed by atoms with van der Waals surface area (Å²) in [5.74, 6) is -1.09. The highest BCUT2D eigenvalue weighted by Gasteiger charge is 2.51. The maximum absolute atomic E-state index is 12.8. The maximum Gasteiger partial charge on any atom is 0.472 e. The van der Waals surface area contributed by atoms with Crippen molar-refractivity contribution in [2.75, 3.05) is 13.2 Å². The first-order valence-electron chi connectivity index (χ1n) is 24.5. The number of ether oxygens (including phenoxy) is 2. The largest absolute Gasteiger partial charge is 0.472 e. The predicted molar refractivity (Wildman–Crippen MR) is 240 cm³/mol. The molecule has 360 valence electrons. The van der Waals surface area contributed by atoms with E-state index in [9.17, 15) is 44.6 Å². The van der Waals surface area contributed by atoms with Crippen LogP contribution in [0, 0.1) is 0 Å². The molecule has 1 fully saturated rings. The SMILES string of the molecule is CCCCCC/C=C/CCCCCCCCCCCC(=O)OC[C@@H](COP(=O)(O)OC1C(O)C(O)C(O)[C@H](O)C1O)OC(=O)CCCCCCCCCCCCCCCCC. The molecule has 6 N–H and O–H groups in total. The Morgan fingerprint density at radius 1 is 0.492 bits per heavy atom. The van der Waals surface area contributed by atoms with E-state index in [4.69, 9.17) is 18.5 Å². The van der Waals surface area contributed by atoms with Gasteiger partial charge in [-0.25, -0.2) is 4.57 Å². The fraction of sp³-hybridized carbons (Fsp3) is 0.915. The lowest BCUT2D eigenvalue weighted by Gasteiger charge is -2.41. The van der Waals surface area contributed by atoms with Crippen molar-refractivity contribution in [3.8, 4) is 0 Å². The Hall–Kier alpha value is -1.41. The minimum Gasteiger partial charge on any atom is -0.462 e. The number of phosphoric ester groups is 1. The first kappa shape index (κ1) is 57.6. The van der Waals surface area contributed by atoms with Crippen LogP contribution in [-0.4, -0.2) is 98.3 Å². The zero-order chi connectivity index (χ0) is 45.0. The molecule has 1 saturated carbocycles. The molecule has 1 aliphatic carbocycles. The van der Waals surface area contributed by atoms with Crippen LogP contribution < -0.4 is 0 Å². The molecule has 0 aromatic heterocycles. The third-order valence-electron chi connectivity index (χ3n) is 11.6. The summed E-state index contributed by atoms with van der Waals surface area (Å²) < 4.78 is 33.6. The third kappa shape index (κ3) is 30.4. The van der Waals surface area contributed by atoms with Gasteiger partial charge < -0.3 is 39.9 Å². The Balaban J connectivity index is 2.42. The molecule has 1 rings (SSSR count). The average Bonchev–Trinajstić information content (AvgIpc) is 3.24. The van der Waals surface area contributed by atoms with Crippen LogP contribution in [0.25, 0.3) is 0 Å². The fourth-order valence-electron chi connectivity index (χ4n) is 7.64. The fourth-order valence-corrected chi connectivity index (χ4v) is 8.61. The Labute approximate surface area is 369 Å². The summed E-state index contributed by atoms with van der Waals surface area (Å²) in [5, 5.41) is 50.2. The summed E-state index contributed by atoms with van der Waals surface area (Å²) in [6.45, 7) is 3.31. The number of carbonyl (C=O) groups is 2. The molecule has 0 spiro atoms. The molecular formula is C47H89O13P. The second-order valence-electron chi connectivity index (χ2n) is 17.3. The van der Waals surface area contributed by atoms with Crippen molar-refractivity contribution in [3.05, 3.63) is 12.2 Å². The van der Waals surface area contributed by atoms with Gasteiger partial charge in [-0.15, -0.1) is 0 Å². The Bertz CT molecular complexity index is 1120. The van der Waals surface area contributed by atoms with Gasteiger partial charge in [0, 0.05) is 12.8 Å². The van der Waals surface area contributed by atoms with E-state index in [0.29, 0.717) is 12.8 Å². The van der Waals surface area contributed by atoms with Gasteiger partial charge in [-0.05, 0) is 38.5 Å². The van der Waals surface area contributed by atoms with E-state index < -0.39 is 75.7 Å². The monoisotopic (exact) mass is 893 g/mol. The van der Waals surface area contributed by atoms with Gasteiger partial charge in [-0.2, -0.15) is 0 Å². The van der Waals surface area contributed by atoms with Gasteiger partial charge in [0.05, 0.1) is 6.61 Å². The van der Waals surface area contributed by atoms with Gasteiger partial charge in [-0.3, -0.25) is 18.6 Å². The standard InChI is InChI=1S/C47H89O13P/c1-3-5-7-9-11-13-15-17-19-20-22-23-25-27-29-31-33-35-40(48)57-37-39(38-58-61(55,56)60-47-45(53)43(51)42(50)44(52)46(47)54)59-41(49)36-34-32-30-28-26-24-21-18-16-14-12-10-8-6-4-2/h13,15,39,42-47,50-54H,3-12,14,16-38H2,1-2H3,(H,55,56)/b15-13+/t39-,42?,43-,44?,45?,46?,47?/m0/s1. The molecule has 6 unspecified atom stereocenters. The molecule has 0 aromatic rings. The van der Waals surface area contributed by atoms with Crippen LogP contribution in [0.5, 0.6) is 0 Å². The smallest absolute Gasteiger partial charge is 0.462 e. The summed E-state index contributed by atoms with van der Waals surface area (Å²) in [4.78, 5) is 35.7. The van der Waals surface area contributed by atoms with E-state index in [0.717, 1.165) is 44.9 Å². The van der Waals surface area contributed by atoms with Crippen molar-refractivity contribution in [1.82, 2.24) is 0 Å². The Kier molecular flexibility index (Phi) is 35.8. The maximum atomic E-state index is 12.8. The van der Waals surface area contributed by atoms with Crippen molar-refractivity contribution < 1.29 is 63.1 Å². The zero-order valence-electron chi connectivity index (χ0n) is 38.2. The second kappa shape index (κ2) is 37.9. The van der Waals surface area contributed by atoms with Crippen LogP contribution in [0.4, 0.5) is 0 Å². The highest BCUT2D eigenvalue weighted by molar-refractivity contribution is 7.47. The normalized spacial score (nSPS) is 22.0. The molecule has 0 saturated heterocycles. The minimum absolute atomic E-state index is 0.102. The molecule has 1 aliphatic rings. The highest BCUT2D eigenvalue weighted by Crippen LogP contribution is 2.47. The second-order valence-corrected chi connectivity index (χ2v) is 18.7. The molecule has 0 bridgehead atoms. The van der Waals surface area contributed by atoms with E-state index in [1.165, 1.54) is 135 Å². The topological polar surface area (TPSA) is 210 Å². The molecule has 0 radical (unpaired) electrons. The molecule has 61 heavy (non-hydrogen) atoms. The van der Waals surface area contributed by atoms with Crippen molar-refractivity contribution in [1.29, 1.82) is 0 Å². The first-order valence-corrected chi connectivity index (χ1v) is 26.0. The number of unbranched alkanes of at least 4 members (excludes halogenated alkanes) is 27. The van der Waals surface area contributed by atoms with Crippen molar-refractivity contribution in [2.45, 2.75) is 262 Å². The lowest BCUT2D eigenvalue weighted by molar-refractivity contribution is -0.220. The predicted octanol–water partition coefficient (Wildman–Crippen LogP) is 9.84. The Morgan fingerprint density at radius 3 is 1.26 bits per heavy atom. The van der Waals surface area contributed by atoms with E-state index in [2.05, 4.69) is 26.0 Å². The quantitative estimate of drug-likeness (QED) is 0.0146. The minimum atomic E-state index is -5.11.